The normalized spacial score (nSPS) is 12.7. The molecule has 0 aliphatic rings. The van der Waals surface area contributed by atoms with Crippen molar-refractivity contribution in [3.63, 3.8) is 0 Å². The third kappa shape index (κ3) is 5.27. The summed E-state index contributed by atoms with van der Waals surface area (Å²) in [6.07, 6.45) is 0. The first-order valence-electron chi connectivity index (χ1n) is 9.08. The zero-order chi connectivity index (χ0) is 20.9. The van der Waals surface area contributed by atoms with E-state index in [1.165, 1.54) is 18.2 Å². The van der Waals surface area contributed by atoms with Crippen LogP contribution in [0.2, 0.25) is 0 Å². The molecule has 0 aliphatic carbocycles. The van der Waals surface area contributed by atoms with E-state index in [1.54, 1.807) is 19.1 Å². The molecule has 3 aromatic carbocycles. The van der Waals surface area contributed by atoms with Crippen molar-refractivity contribution in [1.29, 1.82) is 0 Å². The monoisotopic (exact) mass is 392 g/mol. The molecule has 0 radical (unpaired) electrons. The van der Waals surface area contributed by atoms with Crippen LogP contribution >= 0.6 is 0 Å². The van der Waals surface area contributed by atoms with Gasteiger partial charge in [-0.3, -0.25) is 9.59 Å². The first-order valence-corrected chi connectivity index (χ1v) is 9.08. The van der Waals surface area contributed by atoms with Crippen LogP contribution in [0.1, 0.15) is 12.5 Å². The SMILES string of the molecule is C[C@@](O)(CNC(=O)C(=O)Nc1cccc(F)c1)c1ccc(-c2ccccc2)cc1. The van der Waals surface area contributed by atoms with E-state index in [0.717, 1.165) is 17.2 Å². The van der Waals surface area contributed by atoms with Gasteiger partial charge in [0, 0.05) is 5.69 Å². The largest absolute Gasteiger partial charge is 0.384 e. The number of anilines is 1. The van der Waals surface area contributed by atoms with Gasteiger partial charge in [-0.2, -0.15) is 0 Å². The summed E-state index contributed by atoms with van der Waals surface area (Å²) in [5.74, 6) is -2.38. The van der Waals surface area contributed by atoms with Crippen molar-refractivity contribution in [3.8, 4) is 11.1 Å². The molecule has 3 aromatic rings. The molecule has 3 N–H and O–H groups in total. The quantitative estimate of drug-likeness (QED) is 0.582. The van der Waals surface area contributed by atoms with Crippen molar-refractivity contribution in [3.05, 3.63) is 90.2 Å². The molecule has 0 fully saturated rings. The lowest BCUT2D eigenvalue weighted by Gasteiger charge is -2.24. The fraction of sp³-hybridized carbons (Fsp3) is 0.130. The summed E-state index contributed by atoms with van der Waals surface area (Å²) in [5, 5.41) is 15.4. The van der Waals surface area contributed by atoms with Crippen molar-refractivity contribution in [2.24, 2.45) is 0 Å². The van der Waals surface area contributed by atoms with Gasteiger partial charge in [0.05, 0.1) is 6.54 Å². The second-order valence-corrected chi connectivity index (χ2v) is 6.86. The Hall–Kier alpha value is -3.51. The molecule has 6 heteroatoms. The van der Waals surface area contributed by atoms with Crippen molar-refractivity contribution >= 4 is 17.5 Å². The van der Waals surface area contributed by atoms with Gasteiger partial charge in [-0.15, -0.1) is 0 Å². The Morgan fingerprint density at radius 2 is 1.55 bits per heavy atom. The Balaban J connectivity index is 1.60. The molecule has 148 valence electrons. The Morgan fingerprint density at radius 3 is 2.21 bits per heavy atom. The van der Waals surface area contributed by atoms with E-state index < -0.39 is 23.2 Å². The lowest BCUT2D eigenvalue weighted by atomic mass is 9.93. The van der Waals surface area contributed by atoms with Crippen LogP contribution in [0.4, 0.5) is 10.1 Å². The summed E-state index contributed by atoms with van der Waals surface area (Å²) in [5.41, 5.74) is 1.46. The fourth-order valence-corrected chi connectivity index (χ4v) is 2.84. The van der Waals surface area contributed by atoms with Gasteiger partial charge in [0.1, 0.15) is 11.4 Å². The Morgan fingerprint density at radius 1 is 0.897 bits per heavy atom. The van der Waals surface area contributed by atoms with Crippen LogP contribution in [0.25, 0.3) is 11.1 Å². The number of halogens is 1. The number of benzene rings is 3. The summed E-state index contributed by atoms with van der Waals surface area (Å²) >= 11 is 0. The van der Waals surface area contributed by atoms with E-state index in [9.17, 15) is 19.1 Å². The van der Waals surface area contributed by atoms with Crippen LogP contribution < -0.4 is 10.6 Å². The zero-order valence-electron chi connectivity index (χ0n) is 15.9. The Kier molecular flexibility index (Phi) is 6.04. The number of hydrogen-bond donors (Lipinski definition) is 3. The number of carbonyl (C=O) groups is 2. The Bertz CT molecular complexity index is 1000. The second-order valence-electron chi connectivity index (χ2n) is 6.86. The summed E-state index contributed by atoms with van der Waals surface area (Å²) < 4.78 is 13.2. The summed E-state index contributed by atoms with van der Waals surface area (Å²) in [4.78, 5) is 24.0. The molecule has 1 atom stereocenters. The highest BCUT2D eigenvalue weighted by Crippen LogP contribution is 2.24. The molecule has 0 bridgehead atoms. The van der Waals surface area contributed by atoms with E-state index in [1.807, 2.05) is 42.5 Å². The minimum absolute atomic E-state index is 0.160. The number of amides is 2. The van der Waals surface area contributed by atoms with Crippen LogP contribution in [0.5, 0.6) is 0 Å². The number of nitrogens with one attached hydrogen (secondary N) is 2. The van der Waals surface area contributed by atoms with Gasteiger partial charge in [0.25, 0.3) is 0 Å². The molecule has 0 aromatic heterocycles. The van der Waals surface area contributed by atoms with Gasteiger partial charge >= 0.3 is 11.8 Å². The molecule has 0 saturated carbocycles. The van der Waals surface area contributed by atoms with Gasteiger partial charge in [0.2, 0.25) is 0 Å². The summed E-state index contributed by atoms with van der Waals surface area (Å²) in [7, 11) is 0. The molecule has 0 aliphatic heterocycles. The minimum Gasteiger partial charge on any atom is -0.384 e. The van der Waals surface area contributed by atoms with E-state index in [0.29, 0.717) is 5.56 Å². The topological polar surface area (TPSA) is 78.4 Å². The molecule has 0 spiro atoms. The van der Waals surface area contributed by atoms with Crippen LogP contribution in [0.3, 0.4) is 0 Å². The van der Waals surface area contributed by atoms with Crippen LogP contribution in [-0.2, 0) is 15.2 Å². The third-order valence-corrected chi connectivity index (χ3v) is 4.50. The van der Waals surface area contributed by atoms with Gasteiger partial charge < -0.3 is 15.7 Å². The highest BCUT2D eigenvalue weighted by atomic mass is 19.1. The smallest absolute Gasteiger partial charge is 0.313 e. The summed E-state index contributed by atoms with van der Waals surface area (Å²) in [6, 6.07) is 22.4. The second kappa shape index (κ2) is 8.67. The van der Waals surface area contributed by atoms with E-state index in [-0.39, 0.29) is 12.2 Å². The van der Waals surface area contributed by atoms with E-state index >= 15 is 0 Å². The highest BCUT2D eigenvalue weighted by Gasteiger charge is 2.25. The van der Waals surface area contributed by atoms with Crippen LogP contribution in [0.15, 0.2) is 78.9 Å². The van der Waals surface area contributed by atoms with Crippen LogP contribution in [0, 0.1) is 5.82 Å². The van der Waals surface area contributed by atoms with Gasteiger partial charge in [0.15, 0.2) is 0 Å². The van der Waals surface area contributed by atoms with E-state index in [4.69, 9.17) is 0 Å². The van der Waals surface area contributed by atoms with Crippen LogP contribution in [-0.4, -0.2) is 23.5 Å². The summed E-state index contributed by atoms with van der Waals surface area (Å²) in [6.45, 7) is 1.39. The Labute approximate surface area is 168 Å². The van der Waals surface area contributed by atoms with Gasteiger partial charge in [-0.1, -0.05) is 60.7 Å². The predicted octanol–water partition coefficient (Wildman–Crippen LogP) is 3.46. The molecular formula is C23H21FN2O3. The first kappa shape index (κ1) is 20.2. The molecule has 0 saturated heterocycles. The maximum atomic E-state index is 13.2. The molecule has 0 heterocycles. The highest BCUT2D eigenvalue weighted by molar-refractivity contribution is 6.39. The maximum absolute atomic E-state index is 13.2. The third-order valence-electron chi connectivity index (χ3n) is 4.50. The average molecular weight is 392 g/mol. The van der Waals surface area contributed by atoms with Crippen molar-refractivity contribution in [2.75, 3.05) is 11.9 Å². The first-order chi connectivity index (χ1) is 13.8. The van der Waals surface area contributed by atoms with Gasteiger partial charge in [-0.05, 0) is 41.8 Å². The minimum atomic E-state index is -1.37. The van der Waals surface area contributed by atoms with Crippen molar-refractivity contribution < 1.29 is 19.1 Å². The maximum Gasteiger partial charge on any atom is 0.313 e. The molecule has 0 unspecified atom stereocenters. The number of aliphatic hydroxyl groups is 1. The molecule has 2 amide bonds. The number of carbonyl (C=O) groups excluding carboxylic acids is 2. The number of rotatable bonds is 5. The van der Waals surface area contributed by atoms with Crippen molar-refractivity contribution in [2.45, 2.75) is 12.5 Å². The molecule has 29 heavy (non-hydrogen) atoms. The zero-order valence-corrected chi connectivity index (χ0v) is 15.9. The molecular weight excluding hydrogens is 371 g/mol. The standard InChI is InChI=1S/C23H21FN2O3/c1-23(29,18-12-10-17(11-13-18)16-6-3-2-4-7-16)15-25-21(27)22(28)26-20-9-5-8-19(24)14-20/h2-14,29H,15H2,1H3,(H,25,27)(H,26,28)/t23-/m1/s1. The predicted molar refractivity (Wildman–Crippen MR) is 109 cm³/mol. The van der Waals surface area contributed by atoms with E-state index in [2.05, 4.69) is 10.6 Å². The lowest BCUT2D eigenvalue weighted by molar-refractivity contribution is -0.136. The van der Waals surface area contributed by atoms with Gasteiger partial charge in [-0.25, -0.2) is 4.39 Å². The number of hydrogen-bond acceptors (Lipinski definition) is 3. The average Bonchev–Trinajstić information content (AvgIpc) is 2.73. The molecule has 3 rings (SSSR count). The van der Waals surface area contributed by atoms with Crippen molar-refractivity contribution in [1.82, 2.24) is 5.32 Å². The molecule has 5 nitrogen and oxygen atoms in total. The fourth-order valence-electron chi connectivity index (χ4n) is 2.84. The lowest BCUT2D eigenvalue weighted by Crippen LogP contribution is -2.43.